The smallest absolute Gasteiger partial charge is 0.262 e. The largest absolute Gasteiger partial charge is 0.382 e. The van der Waals surface area contributed by atoms with Crippen molar-refractivity contribution < 1.29 is 9.53 Å². The second kappa shape index (κ2) is 9.70. The topological polar surface area (TPSA) is 84.1 Å². The number of amides is 1. The van der Waals surface area contributed by atoms with Crippen molar-refractivity contribution in [2.45, 2.75) is 13.8 Å². The minimum Gasteiger partial charge on any atom is -0.382 e. The molecule has 0 bridgehead atoms. The van der Waals surface area contributed by atoms with E-state index in [2.05, 4.69) is 15.3 Å². The van der Waals surface area contributed by atoms with E-state index in [1.807, 2.05) is 19.9 Å². The molecule has 6 nitrogen and oxygen atoms in total. The van der Waals surface area contributed by atoms with Gasteiger partial charge in [0.2, 0.25) is 5.43 Å². The zero-order valence-corrected chi connectivity index (χ0v) is 15.3. The average molecular weight is 374 g/mol. The Morgan fingerprint density at radius 2 is 1.92 bits per heavy atom. The summed E-state index contributed by atoms with van der Waals surface area (Å²) in [4.78, 5) is 31.3. The second-order valence-electron chi connectivity index (χ2n) is 5.17. The maximum Gasteiger partial charge on any atom is 0.262 e. The van der Waals surface area contributed by atoms with Crippen molar-refractivity contribution in [2.75, 3.05) is 18.5 Å². The second-order valence-corrected chi connectivity index (χ2v) is 5.61. The highest BCUT2D eigenvalue weighted by atomic mass is 35.5. The molecule has 0 aliphatic heterocycles. The van der Waals surface area contributed by atoms with Crippen molar-refractivity contribution in [2.24, 2.45) is 0 Å². The number of nitrogens with zero attached hydrogens (tertiary/aromatic N) is 1. The number of aromatic amines is 1. The van der Waals surface area contributed by atoms with Crippen molar-refractivity contribution in [3.63, 3.8) is 0 Å². The van der Waals surface area contributed by atoms with Gasteiger partial charge >= 0.3 is 0 Å². The van der Waals surface area contributed by atoms with Gasteiger partial charge in [-0.15, -0.1) is 0 Å². The molecular formula is C19H20ClN3O3. The maximum absolute atomic E-state index is 12.3. The molecule has 1 amide bonds. The number of hydrogen-bond acceptors (Lipinski definition) is 4. The van der Waals surface area contributed by atoms with Gasteiger partial charge in [0.15, 0.2) is 0 Å². The molecule has 0 spiro atoms. The molecule has 0 fully saturated rings. The number of pyridine rings is 2. The van der Waals surface area contributed by atoms with Crippen LogP contribution in [0.5, 0.6) is 0 Å². The lowest BCUT2D eigenvalue weighted by Gasteiger charge is -2.05. The molecule has 26 heavy (non-hydrogen) atoms. The normalized spacial score (nSPS) is 10.1. The van der Waals surface area contributed by atoms with E-state index in [9.17, 15) is 9.59 Å². The lowest BCUT2D eigenvalue weighted by Crippen LogP contribution is -2.22. The zero-order chi connectivity index (χ0) is 18.9. The van der Waals surface area contributed by atoms with Crippen molar-refractivity contribution in [3.8, 4) is 0 Å². The van der Waals surface area contributed by atoms with E-state index in [4.69, 9.17) is 16.3 Å². The van der Waals surface area contributed by atoms with Gasteiger partial charge in [-0.25, -0.2) is 4.98 Å². The van der Waals surface area contributed by atoms with Crippen molar-refractivity contribution in [3.05, 3.63) is 69.6 Å². The number of halogens is 1. The molecule has 0 aliphatic carbocycles. The molecule has 0 atom stereocenters. The molecule has 0 saturated carbocycles. The van der Waals surface area contributed by atoms with Gasteiger partial charge in [-0.3, -0.25) is 9.59 Å². The molecule has 0 aliphatic rings. The first-order valence-electron chi connectivity index (χ1n) is 8.17. The summed E-state index contributed by atoms with van der Waals surface area (Å²) < 4.78 is 4.83. The minimum atomic E-state index is -0.517. The fourth-order valence-corrected chi connectivity index (χ4v) is 2.29. The third-order valence-electron chi connectivity index (χ3n) is 3.41. The van der Waals surface area contributed by atoms with E-state index in [0.717, 1.165) is 13.2 Å². The van der Waals surface area contributed by atoms with Gasteiger partial charge in [-0.2, -0.15) is 0 Å². The third kappa shape index (κ3) is 5.15. The van der Waals surface area contributed by atoms with Gasteiger partial charge in [-0.1, -0.05) is 23.7 Å². The fraction of sp³-hybridized carbons (Fsp3) is 0.211. The number of benzene rings is 1. The molecule has 0 saturated heterocycles. The highest BCUT2D eigenvalue weighted by molar-refractivity contribution is 6.30. The summed E-state index contributed by atoms with van der Waals surface area (Å²) in [5, 5.41) is 3.50. The predicted octanol–water partition coefficient (Wildman–Crippen LogP) is 3.87. The van der Waals surface area contributed by atoms with E-state index in [-0.39, 0.29) is 11.0 Å². The van der Waals surface area contributed by atoms with Crippen LogP contribution in [0.15, 0.2) is 53.6 Å². The molecule has 2 aromatic heterocycles. The van der Waals surface area contributed by atoms with Crippen LogP contribution in [0.1, 0.15) is 24.2 Å². The molecule has 136 valence electrons. The standard InChI is InChI=1S/C15H10ClN3O2.C4H10O/c16-9-5-6-13(18-7-9)19-15(21)11-8-17-12-4-2-1-3-10(12)14(11)20;1-3-5-4-2/h1-8H,(H,17,20)(H,18,19,21);3-4H2,1-2H3. The first-order valence-corrected chi connectivity index (χ1v) is 8.55. The van der Waals surface area contributed by atoms with Crippen LogP contribution >= 0.6 is 11.6 Å². The fourth-order valence-electron chi connectivity index (χ4n) is 2.17. The molecule has 3 rings (SSSR count). The Kier molecular flexibility index (Phi) is 7.32. The van der Waals surface area contributed by atoms with Crippen LogP contribution in [0.2, 0.25) is 5.02 Å². The SMILES string of the molecule is CCOCC.O=C(Nc1ccc(Cl)cn1)c1c[nH]c2ccccc2c1=O. The van der Waals surface area contributed by atoms with E-state index < -0.39 is 5.91 Å². The summed E-state index contributed by atoms with van der Waals surface area (Å²) in [7, 11) is 0. The molecular weight excluding hydrogens is 354 g/mol. The number of H-pyrrole nitrogens is 1. The van der Waals surface area contributed by atoms with Crippen LogP contribution in [0.4, 0.5) is 5.82 Å². The van der Waals surface area contributed by atoms with E-state index >= 15 is 0 Å². The van der Waals surface area contributed by atoms with Crippen LogP contribution in [0.3, 0.4) is 0 Å². The number of carbonyl (C=O) groups is 1. The lowest BCUT2D eigenvalue weighted by molar-refractivity contribution is 0.102. The third-order valence-corrected chi connectivity index (χ3v) is 3.63. The van der Waals surface area contributed by atoms with Crippen LogP contribution in [0, 0.1) is 0 Å². The Balaban J connectivity index is 0.000000431. The van der Waals surface area contributed by atoms with E-state index in [0.29, 0.717) is 21.7 Å². The summed E-state index contributed by atoms with van der Waals surface area (Å²) in [6.07, 6.45) is 2.82. The van der Waals surface area contributed by atoms with Gasteiger partial charge in [0.25, 0.3) is 5.91 Å². The number of aromatic nitrogens is 2. The summed E-state index contributed by atoms with van der Waals surface area (Å²) in [6.45, 7) is 5.67. The van der Waals surface area contributed by atoms with Crippen molar-refractivity contribution in [1.29, 1.82) is 0 Å². The van der Waals surface area contributed by atoms with Gasteiger partial charge in [0, 0.05) is 36.5 Å². The highest BCUT2D eigenvalue weighted by Gasteiger charge is 2.13. The number of anilines is 1. The predicted molar refractivity (Wildman–Crippen MR) is 104 cm³/mol. The Hall–Kier alpha value is -2.70. The summed E-state index contributed by atoms with van der Waals surface area (Å²) in [5.74, 6) is -0.186. The van der Waals surface area contributed by atoms with Crippen LogP contribution in [-0.4, -0.2) is 29.1 Å². The first-order chi connectivity index (χ1) is 12.6. The van der Waals surface area contributed by atoms with E-state index in [1.54, 1.807) is 30.3 Å². The monoisotopic (exact) mass is 373 g/mol. The van der Waals surface area contributed by atoms with Crippen molar-refractivity contribution in [1.82, 2.24) is 9.97 Å². The number of nitrogens with one attached hydrogen (secondary N) is 2. The number of ether oxygens (including phenoxy) is 1. The van der Waals surface area contributed by atoms with Crippen LogP contribution < -0.4 is 10.7 Å². The molecule has 7 heteroatoms. The number of rotatable bonds is 4. The number of hydrogen-bond donors (Lipinski definition) is 2. The summed E-state index contributed by atoms with van der Waals surface area (Å²) >= 11 is 5.73. The minimum absolute atomic E-state index is 0.0328. The maximum atomic E-state index is 12.3. The molecule has 3 aromatic rings. The van der Waals surface area contributed by atoms with Gasteiger partial charge in [0.1, 0.15) is 11.4 Å². The van der Waals surface area contributed by atoms with Crippen LogP contribution in [-0.2, 0) is 4.74 Å². The Morgan fingerprint density at radius 1 is 1.19 bits per heavy atom. The van der Waals surface area contributed by atoms with Crippen molar-refractivity contribution >= 4 is 34.2 Å². The molecule has 0 radical (unpaired) electrons. The van der Waals surface area contributed by atoms with Gasteiger partial charge in [0.05, 0.1) is 5.02 Å². The quantitative estimate of drug-likeness (QED) is 0.727. The highest BCUT2D eigenvalue weighted by Crippen LogP contribution is 2.11. The lowest BCUT2D eigenvalue weighted by atomic mass is 10.1. The summed E-state index contributed by atoms with van der Waals surface area (Å²) in [5.41, 5.74) is 0.393. The average Bonchev–Trinajstić information content (AvgIpc) is 2.65. The number of para-hydroxylation sites is 1. The Bertz CT molecular complexity index is 921. The van der Waals surface area contributed by atoms with E-state index in [1.165, 1.54) is 12.4 Å². The molecule has 0 unspecified atom stereocenters. The Labute approximate surface area is 156 Å². The number of fused-ring (bicyclic) bond motifs is 1. The van der Waals surface area contributed by atoms with Gasteiger partial charge in [-0.05, 0) is 38.1 Å². The molecule has 2 N–H and O–H groups in total. The zero-order valence-electron chi connectivity index (χ0n) is 14.6. The summed E-state index contributed by atoms with van der Waals surface area (Å²) in [6, 6.07) is 10.2. The molecule has 2 heterocycles. The first kappa shape index (κ1) is 19.6. The molecule has 1 aromatic carbocycles. The van der Waals surface area contributed by atoms with Crippen LogP contribution in [0.25, 0.3) is 10.9 Å². The number of carbonyl (C=O) groups excluding carboxylic acids is 1. The Morgan fingerprint density at radius 3 is 2.54 bits per heavy atom. The van der Waals surface area contributed by atoms with Gasteiger partial charge < -0.3 is 15.0 Å².